The zero-order chi connectivity index (χ0) is 34.5. The van der Waals surface area contributed by atoms with Crippen LogP contribution in [0.25, 0.3) is 11.1 Å². The number of benzene rings is 4. The van der Waals surface area contributed by atoms with Gasteiger partial charge in [0.2, 0.25) is 0 Å². The van der Waals surface area contributed by atoms with Crippen molar-refractivity contribution in [1.82, 2.24) is 10.2 Å². The van der Waals surface area contributed by atoms with Crippen LogP contribution in [-0.4, -0.2) is 53.1 Å². The smallest absolute Gasteiger partial charge is 0.272 e. The molecular formula is C38H39Cl3N2O6. The number of hydrogen-bond donors (Lipinski definition) is 2. The van der Waals surface area contributed by atoms with Gasteiger partial charge in [0.25, 0.3) is 9.70 Å². The molecule has 258 valence electrons. The second-order valence-electron chi connectivity index (χ2n) is 12.3. The lowest BCUT2D eigenvalue weighted by molar-refractivity contribution is -0.253. The van der Waals surface area contributed by atoms with E-state index in [2.05, 4.69) is 22.3 Å². The summed E-state index contributed by atoms with van der Waals surface area (Å²) in [6, 6.07) is 27.9. The van der Waals surface area contributed by atoms with Crippen molar-refractivity contribution in [3.8, 4) is 22.6 Å². The highest BCUT2D eigenvalue weighted by Gasteiger charge is 2.34. The summed E-state index contributed by atoms with van der Waals surface area (Å²) in [4.78, 5) is 14.6. The molecule has 2 N–H and O–H groups in total. The first-order chi connectivity index (χ1) is 23.6. The average Bonchev–Trinajstić information content (AvgIpc) is 3.13. The molecule has 6 rings (SSSR count). The van der Waals surface area contributed by atoms with Gasteiger partial charge < -0.3 is 29.4 Å². The van der Waals surface area contributed by atoms with Crippen LogP contribution in [0.5, 0.6) is 11.5 Å². The maximum absolute atomic E-state index is 12.2. The van der Waals surface area contributed by atoms with Crippen LogP contribution < -0.4 is 14.8 Å². The van der Waals surface area contributed by atoms with Crippen LogP contribution in [0.2, 0.25) is 0 Å². The van der Waals surface area contributed by atoms with Gasteiger partial charge in [-0.1, -0.05) is 108 Å². The van der Waals surface area contributed by atoms with Gasteiger partial charge in [-0.3, -0.25) is 9.69 Å². The molecule has 2 aliphatic heterocycles. The molecule has 0 aliphatic carbocycles. The Kier molecular flexibility index (Phi) is 11.4. The Morgan fingerprint density at radius 2 is 1.59 bits per heavy atom. The van der Waals surface area contributed by atoms with Gasteiger partial charge in [-0.25, -0.2) is 0 Å². The number of carbonyl (C=O) groups is 1. The Morgan fingerprint density at radius 1 is 0.918 bits per heavy atom. The maximum Gasteiger partial charge on any atom is 0.272 e. The van der Waals surface area contributed by atoms with E-state index in [9.17, 15) is 9.90 Å². The lowest BCUT2D eigenvalue weighted by Gasteiger charge is -2.39. The molecule has 0 spiro atoms. The summed E-state index contributed by atoms with van der Waals surface area (Å²) in [6.07, 6.45) is 0.724. The van der Waals surface area contributed by atoms with Gasteiger partial charge in [0, 0.05) is 38.2 Å². The summed E-state index contributed by atoms with van der Waals surface area (Å²) in [5.41, 5.74) is 8.09. The molecule has 8 nitrogen and oxygen atoms in total. The fraction of sp³-hybridized carbons (Fsp3) is 0.342. The second-order valence-corrected chi connectivity index (χ2v) is 14.6. The number of nitrogens with one attached hydrogen (secondary N) is 1. The summed E-state index contributed by atoms with van der Waals surface area (Å²) in [5, 5.41) is 12.3. The number of rotatable bonds is 10. The molecule has 1 fully saturated rings. The van der Waals surface area contributed by atoms with Crippen molar-refractivity contribution in [3.63, 3.8) is 0 Å². The highest BCUT2D eigenvalue weighted by molar-refractivity contribution is 6.76. The van der Waals surface area contributed by atoms with Gasteiger partial charge in [0.05, 0.1) is 33.0 Å². The van der Waals surface area contributed by atoms with E-state index in [1.165, 1.54) is 11.1 Å². The fourth-order valence-corrected chi connectivity index (χ4v) is 6.67. The molecule has 2 aliphatic rings. The predicted molar refractivity (Wildman–Crippen MR) is 191 cm³/mol. The number of aliphatic hydroxyl groups excluding tert-OH is 1. The van der Waals surface area contributed by atoms with Gasteiger partial charge in [-0.2, -0.15) is 0 Å². The summed E-state index contributed by atoms with van der Waals surface area (Å²) < 4.78 is 22.4. The molecule has 0 bridgehead atoms. The third kappa shape index (κ3) is 8.52. The zero-order valence-corrected chi connectivity index (χ0v) is 29.6. The Labute approximate surface area is 301 Å². The Morgan fingerprint density at radius 3 is 2.27 bits per heavy atom. The van der Waals surface area contributed by atoms with Gasteiger partial charge in [-0.05, 0) is 57.5 Å². The van der Waals surface area contributed by atoms with Crippen LogP contribution >= 0.6 is 34.8 Å². The first-order valence-corrected chi connectivity index (χ1v) is 17.3. The largest absolute Gasteiger partial charge is 0.493 e. The van der Waals surface area contributed by atoms with E-state index >= 15 is 0 Å². The Hall–Kier alpha value is -3.34. The highest BCUT2D eigenvalue weighted by atomic mass is 35.6. The van der Waals surface area contributed by atoms with Crippen LogP contribution in [0, 0.1) is 0 Å². The van der Waals surface area contributed by atoms with Crippen LogP contribution in [-0.2, 0) is 40.4 Å². The molecule has 4 aromatic carbocycles. The molecule has 0 aromatic heterocycles. The SMILES string of the molecule is COc1cc2c(cc1OC)CN(CC1CC(c3ccc(CO)cc3)OC(c3ccc(-c4ccccc4CNC(=O)C(Cl)(Cl)Cl)cc3)O1)CC2. The summed E-state index contributed by atoms with van der Waals surface area (Å²) in [5.74, 6) is 0.801. The van der Waals surface area contributed by atoms with Gasteiger partial charge in [0.15, 0.2) is 17.8 Å². The number of halogens is 3. The van der Waals surface area contributed by atoms with Crippen LogP contribution in [0.1, 0.15) is 52.2 Å². The van der Waals surface area contributed by atoms with E-state index in [1.54, 1.807) is 14.2 Å². The van der Waals surface area contributed by atoms with Crippen LogP contribution in [0.4, 0.5) is 0 Å². The van der Waals surface area contributed by atoms with E-state index in [1.807, 2.05) is 72.8 Å². The number of methoxy groups -OCH3 is 2. The summed E-state index contributed by atoms with van der Waals surface area (Å²) >= 11 is 17.2. The van der Waals surface area contributed by atoms with E-state index < -0.39 is 16.0 Å². The minimum atomic E-state index is -2.03. The van der Waals surface area contributed by atoms with Crippen molar-refractivity contribution in [1.29, 1.82) is 0 Å². The van der Waals surface area contributed by atoms with Crippen molar-refractivity contribution in [2.75, 3.05) is 27.3 Å². The number of amides is 1. The van der Waals surface area contributed by atoms with Crippen molar-refractivity contribution >= 4 is 40.7 Å². The first-order valence-electron chi connectivity index (χ1n) is 16.1. The maximum atomic E-state index is 12.2. The Bertz CT molecular complexity index is 1750. The van der Waals surface area contributed by atoms with Crippen molar-refractivity contribution < 1.29 is 28.8 Å². The number of hydrogen-bond acceptors (Lipinski definition) is 7. The zero-order valence-electron chi connectivity index (χ0n) is 27.3. The number of ether oxygens (including phenoxy) is 4. The van der Waals surface area contributed by atoms with E-state index in [-0.39, 0.29) is 25.4 Å². The van der Waals surface area contributed by atoms with Crippen molar-refractivity contribution in [3.05, 3.63) is 118 Å². The molecule has 2 heterocycles. The van der Waals surface area contributed by atoms with E-state index in [0.717, 1.165) is 70.9 Å². The van der Waals surface area contributed by atoms with Crippen molar-refractivity contribution in [2.45, 2.75) is 54.8 Å². The fourth-order valence-electron chi connectivity index (χ4n) is 6.47. The van der Waals surface area contributed by atoms with Crippen LogP contribution in [0.3, 0.4) is 0 Å². The van der Waals surface area contributed by atoms with Crippen LogP contribution in [0.15, 0.2) is 84.9 Å². The molecule has 1 saturated heterocycles. The molecule has 1 amide bonds. The van der Waals surface area contributed by atoms with E-state index in [0.29, 0.717) is 6.42 Å². The van der Waals surface area contributed by atoms with Gasteiger partial charge in [-0.15, -0.1) is 0 Å². The van der Waals surface area contributed by atoms with Gasteiger partial charge >= 0.3 is 0 Å². The number of carbonyl (C=O) groups excluding carboxylic acids is 1. The summed E-state index contributed by atoms with van der Waals surface area (Å²) in [7, 11) is 3.32. The minimum Gasteiger partial charge on any atom is -0.493 e. The molecule has 3 atom stereocenters. The average molecular weight is 726 g/mol. The molecule has 3 unspecified atom stereocenters. The summed E-state index contributed by atoms with van der Waals surface area (Å²) in [6.45, 7) is 2.62. The normalized spacial score (nSPS) is 19.6. The predicted octanol–water partition coefficient (Wildman–Crippen LogP) is 7.45. The van der Waals surface area contributed by atoms with Gasteiger partial charge in [0.1, 0.15) is 0 Å². The molecule has 0 saturated carbocycles. The second kappa shape index (κ2) is 15.7. The lowest BCUT2D eigenvalue weighted by atomic mass is 9.96. The van der Waals surface area contributed by atoms with E-state index in [4.69, 9.17) is 53.8 Å². The number of nitrogens with zero attached hydrogens (tertiary/aromatic N) is 1. The quantitative estimate of drug-likeness (QED) is 0.164. The number of alkyl halides is 3. The molecule has 49 heavy (non-hydrogen) atoms. The third-order valence-electron chi connectivity index (χ3n) is 9.08. The molecule has 0 radical (unpaired) electrons. The van der Waals surface area contributed by atoms with Crippen molar-refractivity contribution in [2.24, 2.45) is 0 Å². The molecular weight excluding hydrogens is 687 g/mol. The number of aliphatic hydroxyl groups is 1. The Balaban J connectivity index is 1.21. The highest BCUT2D eigenvalue weighted by Crippen LogP contribution is 2.40. The lowest BCUT2D eigenvalue weighted by Crippen LogP contribution is -2.41. The standard InChI is InChI=1S/C38H39Cl3N2O6/c1-46-34-17-28-15-16-43(21-30(28)18-35(34)47-2)22-31-19-33(26-9-7-24(23-44)8-10-26)49-36(48-31)27-13-11-25(12-14-27)32-6-4-3-5-29(32)20-42-37(45)38(39,40)41/h3-14,17-18,31,33,36,44H,15-16,19-23H2,1-2H3,(H,42,45). The molecule has 4 aromatic rings. The minimum absolute atomic E-state index is 0.0119. The monoisotopic (exact) mass is 724 g/mol. The number of fused-ring (bicyclic) bond motifs is 1. The third-order valence-corrected chi connectivity index (χ3v) is 9.60. The molecule has 11 heteroatoms. The first kappa shape index (κ1) is 35.5. The topological polar surface area (TPSA) is 89.5 Å².